The van der Waals surface area contributed by atoms with E-state index in [2.05, 4.69) is 23.4 Å². The van der Waals surface area contributed by atoms with Gasteiger partial charge >= 0.3 is 0 Å². The molecule has 1 atom stereocenters. The Balaban J connectivity index is 2.57. The van der Waals surface area contributed by atoms with Crippen molar-refractivity contribution in [3.8, 4) is 5.75 Å². The van der Waals surface area contributed by atoms with Crippen molar-refractivity contribution in [3.05, 3.63) is 24.0 Å². The summed E-state index contributed by atoms with van der Waals surface area (Å²) in [4.78, 5) is 4.68. The minimum atomic E-state index is -0.286. The van der Waals surface area contributed by atoms with E-state index in [0.717, 1.165) is 22.6 Å². The number of para-hydroxylation sites is 1. The number of hydrogen-bond donors (Lipinski definition) is 0. The highest BCUT2D eigenvalue weighted by Crippen LogP contribution is 2.31. The lowest BCUT2D eigenvalue weighted by atomic mass is 10.1. The van der Waals surface area contributed by atoms with Gasteiger partial charge in [-0.1, -0.05) is 6.07 Å². The van der Waals surface area contributed by atoms with Gasteiger partial charge in [-0.3, -0.25) is 0 Å². The number of ether oxygens (including phenoxy) is 2. The first-order valence-electron chi connectivity index (χ1n) is 7.20. The second-order valence-electron chi connectivity index (χ2n) is 5.69. The van der Waals surface area contributed by atoms with Crippen molar-refractivity contribution in [2.75, 3.05) is 13.7 Å². The third kappa shape index (κ3) is 3.33. The molecule has 0 spiro atoms. The van der Waals surface area contributed by atoms with Crippen LogP contribution in [0.5, 0.6) is 5.75 Å². The molecular weight excluding hydrogens is 288 g/mol. The Bertz CT molecular complexity index is 620. The molecule has 0 fully saturated rings. The number of rotatable bonds is 6. The minimum absolute atomic E-state index is 0.181. The predicted molar refractivity (Wildman–Crippen MR) is 86.3 cm³/mol. The molecule has 4 nitrogen and oxygen atoms in total. The third-order valence-electron chi connectivity index (χ3n) is 3.42. The molecule has 21 heavy (non-hydrogen) atoms. The van der Waals surface area contributed by atoms with Gasteiger partial charge in [0.25, 0.3) is 0 Å². The van der Waals surface area contributed by atoms with Crippen LogP contribution in [0.3, 0.4) is 0 Å². The van der Waals surface area contributed by atoms with Gasteiger partial charge in [0.05, 0.1) is 30.1 Å². The van der Waals surface area contributed by atoms with E-state index in [-0.39, 0.29) is 11.0 Å². The van der Waals surface area contributed by atoms with Gasteiger partial charge in [0.15, 0.2) is 0 Å². The largest absolute Gasteiger partial charge is 0.494 e. The fraction of sp³-hybridized carbons (Fsp3) is 0.562. The van der Waals surface area contributed by atoms with Gasteiger partial charge in [-0.2, -0.15) is 0 Å². The van der Waals surface area contributed by atoms with Crippen LogP contribution >= 0.6 is 11.6 Å². The van der Waals surface area contributed by atoms with E-state index < -0.39 is 0 Å². The van der Waals surface area contributed by atoms with Crippen LogP contribution in [-0.2, 0) is 11.3 Å². The predicted octanol–water partition coefficient (Wildman–Crippen LogP) is 4.16. The molecule has 1 aromatic carbocycles. The van der Waals surface area contributed by atoms with Crippen molar-refractivity contribution >= 4 is 22.6 Å². The summed E-state index contributed by atoms with van der Waals surface area (Å²) in [5, 5.41) is -0.181. The van der Waals surface area contributed by atoms with Crippen molar-refractivity contribution in [1.29, 1.82) is 0 Å². The summed E-state index contributed by atoms with van der Waals surface area (Å²) in [5.41, 5.74) is 1.57. The molecule has 0 radical (unpaired) electrons. The Morgan fingerprint density at radius 2 is 2.10 bits per heavy atom. The smallest absolute Gasteiger partial charge is 0.146 e. The summed E-state index contributed by atoms with van der Waals surface area (Å²) in [6.07, 6.45) is 0. The quantitative estimate of drug-likeness (QED) is 0.752. The van der Waals surface area contributed by atoms with Crippen LogP contribution in [0.15, 0.2) is 18.2 Å². The summed E-state index contributed by atoms with van der Waals surface area (Å²) in [6.45, 7) is 9.45. The Kier molecular flexibility index (Phi) is 4.79. The summed E-state index contributed by atoms with van der Waals surface area (Å²) in [5.74, 6) is 1.60. The van der Waals surface area contributed by atoms with E-state index in [4.69, 9.17) is 21.1 Å². The number of benzene rings is 1. The topological polar surface area (TPSA) is 36.3 Å². The van der Waals surface area contributed by atoms with E-state index in [1.165, 1.54) is 0 Å². The van der Waals surface area contributed by atoms with Crippen LogP contribution < -0.4 is 4.74 Å². The maximum Gasteiger partial charge on any atom is 0.146 e. The number of aromatic nitrogens is 2. The number of nitrogens with zero attached hydrogens (tertiary/aromatic N) is 2. The van der Waals surface area contributed by atoms with Crippen molar-refractivity contribution in [2.45, 2.75) is 45.2 Å². The second-order valence-corrected chi connectivity index (χ2v) is 6.35. The Hall–Kier alpha value is -1.26. The van der Waals surface area contributed by atoms with Crippen LogP contribution in [0.1, 0.15) is 38.9 Å². The van der Waals surface area contributed by atoms with E-state index >= 15 is 0 Å². The first kappa shape index (κ1) is 16.1. The van der Waals surface area contributed by atoms with Gasteiger partial charge < -0.3 is 14.0 Å². The molecule has 0 saturated carbocycles. The highest BCUT2D eigenvalue weighted by atomic mass is 35.5. The number of alkyl halides is 1. The van der Waals surface area contributed by atoms with E-state index in [0.29, 0.717) is 13.2 Å². The van der Waals surface area contributed by atoms with Crippen molar-refractivity contribution in [2.24, 2.45) is 0 Å². The highest BCUT2D eigenvalue weighted by Gasteiger charge is 2.24. The lowest BCUT2D eigenvalue weighted by Gasteiger charge is -2.26. The number of imidazole rings is 1. The van der Waals surface area contributed by atoms with E-state index in [1.54, 1.807) is 7.11 Å². The van der Waals surface area contributed by atoms with Crippen LogP contribution in [0.2, 0.25) is 0 Å². The number of hydrogen-bond acceptors (Lipinski definition) is 3. The Morgan fingerprint density at radius 3 is 2.67 bits per heavy atom. The molecular formula is C16H23ClN2O2. The van der Waals surface area contributed by atoms with Crippen LogP contribution in [0, 0.1) is 0 Å². The zero-order valence-corrected chi connectivity index (χ0v) is 14.1. The van der Waals surface area contributed by atoms with Crippen molar-refractivity contribution < 1.29 is 9.47 Å². The van der Waals surface area contributed by atoms with Gasteiger partial charge in [0.2, 0.25) is 0 Å². The number of fused-ring (bicyclic) bond motifs is 1. The molecule has 0 aliphatic rings. The first-order valence-corrected chi connectivity index (χ1v) is 7.64. The maximum atomic E-state index is 6.32. The number of halogens is 1. The second kappa shape index (κ2) is 6.24. The normalized spacial score (nSPS) is 13.6. The number of methoxy groups -OCH3 is 1. The van der Waals surface area contributed by atoms with Gasteiger partial charge in [0.1, 0.15) is 17.1 Å². The maximum absolute atomic E-state index is 6.32. The average molecular weight is 311 g/mol. The molecule has 0 N–H and O–H groups in total. The molecule has 1 unspecified atom stereocenters. The highest BCUT2D eigenvalue weighted by molar-refractivity contribution is 6.20. The standard InChI is InChI=1S/C16H23ClN2O2/c1-6-21-16(3,4)10-19-12-8-7-9-13(20-5)14(12)18-15(19)11(2)17/h7-9,11H,6,10H2,1-5H3. The SMILES string of the molecule is CCOC(C)(C)Cn1c(C(C)Cl)nc2c(OC)cccc21. The van der Waals surface area contributed by atoms with E-state index in [1.807, 2.05) is 32.0 Å². The average Bonchev–Trinajstić information content (AvgIpc) is 2.77. The van der Waals surface area contributed by atoms with E-state index in [9.17, 15) is 0 Å². The summed E-state index contributed by atoms with van der Waals surface area (Å²) in [6, 6.07) is 5.92. The Labute approximate surface area is 131 Å². The van der Waals surface area contributed by atoms with Crippen molar-refractivity contribution in [1.82, 2.24) is 9.55 Å². The fourth-order valence-electron chi connectivity index (χ4n) is 2.59. The molecule has 5 heteroatoms. The summed E-state index contributed by atoms with van der Waals surface area (Å²) >= 11 is 6.32. The molecule has 1 aromatic heterocycles. The molecule has 0 aliphatic carbocycles. The van der Waals surface area contributed by atoms with Crippen molar-refractivity contribution in [3.63, 3.8) is 0 Å². The zero-order chi connectivity index (χ0) is 15.6. The third-order valence-corrected chi connectivity index (χ3v) is 3.62. The molecule has 116 valence electrons. The van der Waals surface area contributed by atoms with Gasteiger partial charge in [-0.15, -0.1) is 11.6 Å². The summed E-state index contributed by atoms with van der Waals surface area (Å²) in [7, 11) is 1.65. The lowest BCUT2D eigenvalue weighted by Crippen LogP contribution is -2.31. The first-order chi connectivity index (χ1) is 9.89. The molecule has 0 bridgehead atoms. The minimum Gasteiger partial charge on any atom is -0.494 e. The zero-order valence-electron chi connectivity index (χ0n) is 13.3. The van der Waals surface area contributed by atoms with Crippen LogP contribution in [0.4, 0.5) is 0 Å². The fourth-order valence-corrected chi connectivity index (χ4v) is 2.76. The monoisotopic (exact) mass is 310 g/mol. The molecule has 0 saturated heterocycles. The summed E-state index contributed by atoms with van der Waals surface area (Å²) < 4.78 is 13.4. The van der Waals surface area contributed by atoms with Gasteiger partial charge in [-0.25, -0.2) is 4.98 Å². The van der Waals surface area contributed by atoms with Gasteiger partial charge in [0, 0.05) is 6.61 Å². The van der Waals surface area contributed by atoms with Crippen LogP contribution in [0.25, 0.3) is 11.0 Å². The molecule has 0 amide bonds. The molecule has 2 rings (SSSR count). The van der Waals surface area contributed by atoms with Crippen LogP contribution in [-0.4, -0.2) is 28.9 Å². The lowest BCUT2D eigenvalue weighted by molar-refractivity contribution is -0.0221. The van der Waals surface area contributed by atoms with Gasteiger partial charge in [-0.05, 0) is 39.8 Å². The molecule has 1 heterocycles. The Morgan fingerprint density at radius 1 is 1.38 bits per heavy atom. The molecule has 0 aliphatic heterocycles. The molecule has 2 aromatic rings.